The molecule has 0 aliphatic heterocycles. The van der Waals surface area contributed by atoms with Crippen LogP contribution < -0.4 is 11.3 Å². The Hall–Kier alpha value is -0.850. The number of anilines is 1. The van der Waals surface area contributed by atoms with Gasteiger partial charge in [-0.3, -0.25) is 5.43 Å². The summed E-state index contributed by atoms with van der Waals surface area (Å²) in [4.78, 5) is 9.83. The van der Waals surface area contributed by atoms with Gasteiger partial charge in [0.15, 0.2) is 0 Å². The molecule has 90 valence electrons. The molecule has 0 atom stereocenters. The van der Waals surface area contributed by atoms with Crippen LogP contribution in [0.15, 0.2) is 16.5 Å². The highest BCUT2D eigenvalue weighted by atomic mass is 32.2. The first-order valence-corrected chi connectivity index (χ1v) is 7.51. The number of hydrazine groups is 1. The third-order valence-electron chi connectivity index (χ3n) is 3.00. The molecule has 3 rings (SSSR count). The number of thioether (sulfide) groups is 1. The summed E-state index contributed by atoms with van der Waals surface area (Å²) in [6, 6.07) is 2.09. The largest absolute Gasteiger partial charge is 0.292 e. The number of rotatable bonds is 3. The maximum absolute atomic E-state index is 5.41. The van der Waals surface area contributed by atoms with Gasteiger partial charge in [-0.1, -0.05) is 12.8 Å². The van der Waals surface area contributed by atoms with E-state index >= 15 is 0 Å². The number of hydrogen-bond donors (Lipinski definition) is 2. The average molecular weight is 266 g/mol. The van der Waals surface area contributed by atoms with Crippen LogP contribution >= 0.6 is 23.1 Å². The van der Waals surface area contributed by atoms with Gasteiger partial charge in [-0.15, -0.1) is 23.1 Å². The lowest BCUT2D eigenvalue weighted by molar-refractivity contribution is 0.886. The summed E-state index contributed by atoms with van der Waals surface area (Å²) < 4.78 is 0. The molecule has 6 heteroatoms. The van der Waals surface area contributed by atoms with Gasteiger partial charge in [0, 0.05) is 10.6 Å². The van der Waals surface area contributed by atoms with E-state index < -0.39 is 0 Å². The van der Waals surface area contributed by atoms with Gasteiger partial charge in [0.1, 0.15) is 9.86 Å². The van der Waals surface area contributed by atoms with Crippen LogP contribution in [-0.4, -0.2) is 15.2 Å². The fourth-order valence-corrected chi connectivity index (χ4v) is 4.29. The van der Waals surface area contributed by atoms with Crippen molar-refractivity contribution in [1.82, 2.24) is 9.97 Å². The van der Waals surface area contributed by atoms with E-state index in [-0.39, 0.29) is 0 Å². The first-order chi connectivity index (χ1) is 8.36. The van der Waals surface area contributed by atoms with Gasteiger partial charge in [0.2, 0.25) is 5.95 Å². The van der Waals surface area contributed by atoms with Gasteiger partial charge >= 0.3 is 0 Å². The first-order valence-electron chi connectivity index (χ1n) is 5.75. The topological polar surface area (TPSA) is 63.8 Å². The Kier molecular flexibility index (Phi) is 3.17. The Labute approximate surface area is 108 Å². The molecule has 17 heavy (non-hydrogen) atoms. The number of nitrogens with one attached hydrogen (secondary N) is 1. The number of thiophene rings is 1. The van der Waals surface area contributed by atoms with E-state index in [1.54, 1.807) is 11.3 Å². The number of hydrogen-bond acceptors (Lipinski definition) is 6. The summed E-state index contributed by atoms with van der Waals surface area (Å²) in [5.41, 5.74) is 2.55. The highest BCUT2D eigenvalue weighted by molar-refractivity contribution is 8.00. The monoisotopic (exact) mass is 266 g/mol. The fraction of sp³-hybridized carbons (Fsp3) is 0.455. The smallest absolute Gasteiger partial charge is 0.239 e. The molecule has 0 bridgehead atoms. The minimum atomic E-state index is 0.514. The molecule has 0 amide bonds. The lowest BCUT2D eigenvalue weighted by atomic mass is 10.4. The second kappa shape index (κ2) is 4.80. The van der Waals surface area contributed by atoms with Gasteiger partial charge in [-0.25, -0.2) is 15.8 Å². The molecule has 1 aliphatic carbocycles. The highest BCUT2D eigenvalue weighted by Gasteiger charge is 2.19. The van der Waals surface area contributed by atoms with Crippen molar-refractivity contribution in [3.05, 3.63) is 11.4 Å². The van der Waals surface area contributed by atoms with E-state index in [9.17, 15) is 0 Å². The minimum absolute atomic E-state index is 0.514. The summed E-state index contributed by atoms with van der Waals surface area (Å²) >= 11 is 3.50. The zero-order valence-electron chi connectivity index (χ0n) is 9.35. The van der Waals surface area contributed by atoms with Crippen molar-refractivity contribution in [3.8, 4) is 0 Å². The normalized spacial score (nSPS) is 16.8. The van der Waals surface area contributed by atoms with Crippen molar-refractivity contribution in [2.45, 2.75) is 36.0 Å². The Morgan fingerprint density at radius 2 is 2.18 bits per heavy atom. The lowest BCUT2D eigenvalue weighted by Crippen LogP contribution is -2.11. The van der Waals surface area contributed by atoms with Gasteiger partial charge in [0.25, 0.3) is 0 Å². The molecule has 1 saturated carbocycles. The molecular weight excluding hydrogens is 252 g/mol. The third-order valence-corrected chi connectivity index (χ3v) is 5.15. The fourth-order valence-electron chi connectivity index (χ4n) is 2.15. The van der Waals surface area contributed by atoms with Crippen LogP contribution in [0.5, 0.6) is 0 Å². The van der Waals surface area contributed by atoms with E-state index in [4.69, 9.17) is 5.84 Å². The SMILES string of the molecule is NNc1nc(SC2CCCC2)c2ccsc2n1. The molecule has 0 saturated heterocycles. The van der Waals surface area contributed by atoms with E-state index in [0.29, 0.717) is 11.2 Å². The number of nitrogens with two attached hydrogens (primary N) is 1. The molecule has 2 aromatic heterocycles. The van der Waals surface area contributed by atoms with E-state index in [1.165, 1.54) is 25.7 Å². The van der Waals surface area contributed by atoms with Crippen molar-refractivity contribution in [2.75, 3.05) is 5.43 Å². The lowest BCUT2D eigenvalue weighted by Gasteiger charge is -2.09. The summed E-state index contributed by atoms with van der Waals surface area (Å²) in [6.45, 7) is 0. The van der Waals surface area contributed by atoms with Crippen LogP contribution in [-0.2, 0) is 0 Å². The van der Waals surface area contributed by atoms with Gasteiger partial charge in [-0.05, 0) is 24.3 Å². The summed E-state index contributed by atoms with van der Waals surface area (Å²) in [5, 5.41) is 4.99. The Bertz CT molecular complexity index is 519. The molecule has 2 heterocycles. The van der Waals surface area contributed by atoms with Gasteiger partial charge in [0.05, 0.1) is 0 Å². The van der Waals surface area contributed by atoms with E-state index in [2.05, 4.69) is 26.8 Å². The quantitative estimate of drug-likeness (QED) is 0.508. The second-order valence-electron chi connectivity index (χ2n) is 4.16. The van der Waals surface area contributed by atoms with Gasteiger partial charge < -0.3 is 0 Å². The standard InChI is InChI=1S/C11H14N4S2/c12-15-11-13-9-8(5-6-16-9)10(14-11)17-7-3-1-2-4-7/h5-7H,1-4,12H2,(H,13,14,15). The van der Waals surface area contributed by atoms with Crippen LogP contribution in [0, 0.1) is 0 Å². The van der Waals surface area contributed by atoms with Crippen molar-refractivity contribution in [3.63, 3.8) is 0 Å². The summed E-state index contributed by atoms with van der Waals surface area (Å²) in [7, 11) is 0. The van der Waals surface area contributed by atoms with Crippen LogP contribution in [0.4, 0.5) is 5.95 Å². The highest BCUT2D eigenvalue weighted by Crippen LogP contribution is 2.38. The number of nitrogen functional groups attached to an aromatic ring is 1. The third kappa shape index (κ3) is 2.25. The zero-order valence-corrected chi connectivity index (χ0v) is 11.0. The Morgan fingerprint density at radius 3 is 2.94 bits per heavy atom. The molecule has 3 N–H and O–H groups in total. The summed E-state index contributed by atoms with van der Waals surface area (Å²) in [6.07, 6.45) is 5.28. The molecule has 0 aromatic carbocycles. The number of aromatic nitrogens is 2. The van der Waals surface area contributed by atoms with Crippen molar-refractivity contribution in [1.29, 1.82) is 0 Å². The molecule has 1 aliphatic rings. The van der Waals surface area contributed by atoms with Crippen LogP contribution in [0.2, 0.25) is 0 Å². The van der Waals surface area contributed by atoms with Crippen LogP contribution in [0.3, 0.4) is 0 Å². The maximum Gasteiger partial charge on any atom is 0.239 e. The Balaban J connectivity index is 1.97. The van der Waals surface area contributed by atoms with Crippen molar-refractivity contribution >= 4 is 39.3 Å². The molecular formula is C11H14N4S2. The number of fused-ring (bicyclic) bond motifs is 1. The average Bonchev–Trinajstić information content (AvgIpc) is 2.98. The molecule has 1 fully saturated rings. The van der Waals surface area contributed by atoms with Crippen LogP contribution in [0.25, 0.3) is 10.2 Å². The zero-order chi connectivity index (χ0) is 11.7. The van der Waals surface area contributed by atoms with Crippen molar-refractivity contribution in [2.24, 2.45) is 5.84 Å². The second-order valence-corrected chi connectivity index (χ2v) is 6.34. The molecule has 0 radical (unpaired) electrons. The molecule has 4 nitrogen and oxygen atoms in total. The summed E-state index contributed by atoms with van der Waals surface area (Å²) in [5.74, 6) is 5.92. The molecule has 2 aromatic rings. The van der Waals surface area contributed by atoms with Gasteiger partial charge in [-0.2, -0.15) is 0 Å². The Morgan fingerprint density at radius 1 is 1.35 bits per heavy atom. The minimum Gasteiger partial charge on any atom is -0.292 e. The van der Waals surface area contributed by atoms with Crippen molar-refractivity contribution < 1.29 is 0 Å². The van der Waals surface area contributed by atoms with Crippen LogP contribution in [0.1, 0.15) is 25.7 Å². The first kappa shape index (κ1) is 11.3. The van der Waals surface area contributed by atoms with E-state index in [1.807, 2.05) is 11.8 Å². The maximum atomic E-state index is 5.41. The predicted octanol–water partition coefficient (Wildman–Crippen LogP) is 3.01. The number of nitrogens with zero attached hydrogens (tertiary/aromatic N) is 2. The molecule has 0 unspecified atom stereocenters. The van der Waals surface area contributed by atoms with E-state index in [0.717, 1.165) is 15.2 Å². The molecule has 0 spiro atoms. The predicted molar refractivity (Wildman–Crippen MR) is 73.3 cm³/mol.